The molecule has 0 heterocycles. The van der Waals surface area contributed by atoms with Crippen LogP contribution in [0.25, 0.3) is 0 Å². The van der Waals surface area contributed by atoms with E-state index in [1.165, 1.54) is 25.3 Å². The zero-order valence-corrected chi connectivity index (χ0v) is 19.1. The van der Waals surface area contributed by atoms with E-state index in [9.17, 15) is 9.59 Å². The Hall–Kier alpha value is -3.82. The molecule has 182 valence electrons. The average Bonchev–Trinajstić information content (AvgIpc) is 2.86. The van der Waals surface area contributed by atoms with Gasteiger partial charge in [-0.1, -0.05) is 24.8 Å². The molecule has 0 aliphatic rings. The van der Waals surface area contributed by atoms with Gasteiger partial charge in [-0.3, -0.25) is 5.32 Å². The minimum Gasteiger partial charge on any atom is -0.497 e. The molecule has 0 unspecified atom stereocenters. The number of nitrogens with one attached hydrogen (secondary N) is 1. The number of hydrogen-bond donors (Lipinski definition) is 2. The second kappa shape index (κ2) is 14.4. The summed E-state index contributed by atoms with van der Waals surface area (Å²) in [7, 11) is 2.98. The Morgan fingerprint density at radius 1 is 1.06 bits per heavy atom. The maximum absolute atomic E-state index is 12.7. The molecule has 0 bridgehead atoms. The van der Waals surface area contributed by atoms with Crippen LogP contribution in [0.1, 0.15) is 11.7 Å². The summed E-state index contributed by atoms with van der Waals surface area (Å²) < 4.78 is 26.6. The van der Waals surface area contributed by atoms with Crippen LogP contribution < -0.4 is 14.8 Å². The molecule has 1 amide bonds. The summed E-state index contributed by atoms with van der Waals surface area (Å²) in [6.07, 6.45) is 1.68. The van der Waals surface area contributed by atoms with Crippen molar-refractivity contribution in [2.24, 2.45) is 0 Å². The largest absolute Gasteiger partial charge is 0.497 e. The number of benzene rings is 2. The van der Waals surface area contributed by atoms with Crippen molar-refractivity contribution in [2.75, 3.05) is 39.4 Å². The van der Waals surface area contributed by atoms with Gasteiger partial charge in [-0.2, -0.15) is 0 Å². The van der Waals surface area contributed by atoms with Gasteiger partial charge in [-0.15, -0.1) is 0 Å². The summed E-state index contributed by atoms with van der Waals surface area (Å²) in [5, 5.41) is 11.6. The monoisotopic (exact) mass is 471 g/mol. The Morgan fingerprint density at radius 3 is 2.32 bits per heavy atom. The summed E-state index contributed by atoms with van der Waals surface area (Å²) in [5.74, 6) is 0.598. The van der Waals surface area contributed by atoms with E-state index in [-0.39, 0.29) is 19.8 Å². The van der Waals surface area contributed by atoms with Gasteiger partial charge in [0, 0.05) is 18.9 Å². The van der Waals surface area contributed by atoms with Gasteiger partial charge in [-0.25, -0.2) is 9.59 Å². The Labute approximate surface area is 198 Å². The maximum atomic E-state index is 12.7. The number of hydrogen-bond acceptors (Lipinski definition) is 8. The van der Waals surface area contributed by atoms with Gasteiger partial charge in [0.1, 0.15) is 30.8 Å². The number of aliphatic hydroxyl groups excluding tert-OH is 1. The zero-order chi connectivity index (χ0) is 24.8. The minimum atomic E-state index is -0.904. The summed E-state index contributed by atoms with van der Waals surface area (Å²) >= 11 is 0. The van der Waals surface area contributed by atoms with Crippen LogP contribution >= 0.6 is 0 Å². The second-order valence-electron chi connectivity index (χ2n) is 6.80. The van der Waals surface area contributed by atoms with Crippen molar-refractivity contribution in [1.82, 2.24) is 0 Å². The van der Waals surface area contributed by atoms with Gasteiger partial charge < -0.3 is 28.8 Å². The first-order valence-corrected chi connectivity index (χ1v) is 10.4. The fourth-order valence-corrected chi connectivity index (χ4v) is 2.84. The standard InChI is InChI=1S/C25H29NO8/c1-4-16-33-23(28)14-13-22(31-3)24(18-5-9-21(10-6-18)32-17-15-27)34-25(29)26-19-7-11-20(30-2)12-8-19/h4-14,22,24,27H,1,15-17H2,2-3H3,(H,26,29)/b14-13+/t22-,24-/m0/s1. The molecular weight excluding hydrogens is 442 g/mol. The van der Waals surface area contributed by atoms with Gasteiger partial charge in [0.25, 0.3) is 0 Å². The first kappa shape index (κ1) is 26.4. The van der Waals surface area contributed by atoms with E-state index in [1.807, 2.05) is 0 Å². The highest BCUT2D eigenvalue weighted by molar-refractivity contribution is 5.85. The number of amides is 1. The van der Waals surface area contributed by atoms with Gasteiger partial charge in [0.05, 0.1) is 13.7 Å². The van der Waals surface area contributed by atoms with E-state index in [1.54, 1.807) is 55.6 Å². The molecular formula is C25H29NO8. The van der Waals surface area contributed by atoms with E-state index < -0.39 is 24.3 Å². The number of ether oxygens (including phenoxy) is 5. The molecule has 0 aromatic heterocycles. The molecule has 34 heavy (non-hydrogen) atoms. The Morgan fingerprint density at radius 2 is 1.74 bits per heavy atom. The van der Waals surface area contributed by atoms with Crippen LogP contribution in [0.5, 0.6) is 11.5 Å². The Balaban J connectivity index is 2.21. The number of esters is 1. The molecule has 9 nitrogen and oxygen atoms in total. The van der Waals surface area contributed by atoms with Gasteiger partial charge in [-0.05, 0) is 48.0 Å². The van der Waals surface area contributed by atoms with E-state index in [2.05, 4.69) is 11.9 Å². The third-order valence-corrected chi connectivity index (χ3v) is 4.48. The molecule has 0 spiro atoms. The number of carbonyl (C=O) groups excluding carboxylic acids is 2. The molecule has 0 fully saturated rings. The Kier molecular flexibility index (Phi) is 11.2. The van der Waals surface area contributed by atoms with Crippen molar-refractivity contribution in [3.8, 4) is 11.5 Å². The van der Waals surface area contributed by atoms with Gasteiger partial charge in [0.2, 0.25) is 0 Å². The van der Waals surface area contributed by atoms with E-state index in [0.29, 0.717) is 22.7 Å². The minimum absolute atomic E-state index is 0.0698. The smallest absolute Gasteiger partial charge is 0.412 e. The molecule has 2 N–H and O–H groups in total. The highest BCUT2D eigenvalue weighted by Gasteiger charge is 2.26. The highest BCUT2D eigenvalue weighted by atomic mass is 16.6. The van der Waals surface area contributed by atoms with Crippen molar-refractivity contribution >= 4 is 17.7 Å². The average molecular weight is 472 g/mol. The van der Waals surface area contributed by atoms with Crippen LogP contribution in [-0.4, -0.2) is 57.3 Å². The lowest BCUT2D eigenvalue weighted by Crippen LogP contribution is -2.27. The predicted molar refractivity (Wildman–Crippen MR) is 126 cm³/mol. The van der Waals surface area contributed by atoms with E-state index in [0.717, 1.165) is 0 Å². The first-order chi connectivity index (χ1) is 16.5. The Bertz CT molecular complexity index is 940. The van der Waals surface area contributed by atoms with Crippen molar-refractivity contribution in [3.05, 3.63) is 78.9 Å². The fraction of sp³-hybridized carbons (Fsp3) is 0.280. The van der Waals surface area contributed by atoms with Crippen molar-refractivity contribution in [1.29, 1.82) is 0 Å². The van der Waals surface area contributed by atoms with Crippen LogP contribution in [-0.2, 0) is 19.0 Å². The molecule has 9 heteroatoms. The zero-order valence-electron chi connectivity index (χ0n) is 19.1. The predicted octanol–water partition coefficient (Wildman–Crippen LogP) is 3.66. The number of carbonyl (C=O) groups is 2. The van der Waals surface area contributed by atoms with Crippen LogP contribution in [0.2, 0.25) is 0 Å². The van der Waals surface area contributed by atoms with Crippen LogP contribution in [0.3, 0.4) is 0 Å². The van der Waals surface area contributed by atoms with Crippen LogP contribution in [0.15, 0.2) is 73.3 Å². The van der Waals surface area contributed by atoms with Crippen molar-refractivity contribution in [2.45, 2.75) is 12.2 Å². The summed E-state index contributed by atoms with van der Waals surface area (Å²) in [4.78, 5) is 24.5. The van der Waals surface area contributed by atoms with Crippen molar-refractivity contribution < 1.29 is 38.4 Å². The fourth-order valence-electron chi connectivity index (χ4n) is 2.84. The molecule has 0 aliphatic heterocycles. The number of methoxy groups -OCH3 is 2. The van der Waals surface area contributed by atoms with Gasteiger partial charge >= 0.3 is 12.1 Å². The normalized spacial score (nSPS) is 12.4. The number of anilines is 1. The molecule has 2 aromatic rings. The van der Waals surface area contributed by atoms with Gasteiger partial charge in [0.15, 0.2) is 6.10 Å². The molecule has 0 saturated heterocycles. The number of rotatable bonds is 13. The van der Waals surface area contributed by atoms with Crippen LogP contribution in [0, 0.1) is 0 Å². The third-order valence-electron chi connectivity index (χ3n) is 4.48. The van der Waals surface area contributed by atoms with Crippen molar-refractivity contribution in [3.63, 3.8) is 0 Å². The third kappa shape index (κ3) is 8.61. The quantitative estimate of drug-likeness (QED) is 0.259. The molecule has 2 aromatic carbocycles. The van der Waals surface area contributed by atoms with E-state index >= 15 is 0 Å². The lowest BCUT2D eigenvalue weighted by Gasteiger charge is -2.24. The molecule has 2 atom stereocenters. The second-order valence-corrected chi connectivity index (χ2v) is 6.80. The lowest BCUT2D eigenvalue weighted by atomic mass is 10.0. The highest BCUT2D eigenvalue weighted by Crippen LogP contribution is 2.27. The SMILES string of the molecule is C=CCOC(=O)/C=C/[C@H](OC)[C@@H](OC(=O)Nc1ccc(OC)cc1)c1ccc(OCCO)cc1. The molecule has 2 rings (SSSR count). The van der Waals surface area contributed by atoms with Crippen LogP contribution in [0.4, 0.5) is 10.5 Å². The summed E-state index contributed by atoms with van der Waals surface area (Å²) in [5.41, 5.74) is 1.10. The van der Waals surface area contributed by atoms with E-state index in [4.69, 9.17) is 28.8 Å². The lowest BCUT2D eigenvalue weighted by molar-refractivity contribution is -0.136. The molecule has 0 aliphatic carbocycles. The first-order valence-electron chi connectivity index (χ1n) is 10.4. The molecule has 0 saturated carbocycles. The summed E-state index contributed by atoms with van der Waals surface area (Å²) in [6.45, 7) is 3.60. The summed E-state index contributed by atoms with van der Waals surface area (Å²) in [6, 6.07) is 13.5. The topological polar surface area (TPSA) is 113 Å². The maximum Gasteiger partial charge on any atom is 0.412 e. The molecule has 0 radical (unpaired) electrons. The number of aliphatic hydroxyl groups is 1.